The van der Waals surface area contributed by atoms with Crippen molar-refractivity contribution in [1.29, 1.82) is 0 Å². The number of hydrogen-bond acceptors (Lipinski definition) is 3. The van der Waals surface area contributed by atoms with E-state index in [0.29, 0.717) is 17.2 Å². The molecule has 20 heavy (non-hydrogen) atoms. The number of nitrogens with zero attached hydrogens (tertiary/aromatic N) is 1. The molecule has 0 aliphatic rings. The van der Waals surface area contributed by atoms with Crippen LogP contribution in [0.15, 0.2) is 18.2 Å². The number of benzene rings is 1. The number of rotatable bonds is 7. The minimum atomic E-state index is -0.379. The average Bonchev–Trinajstić information content (AvgIpc) is 2.26. The van der Waals surface area contributed by atoms with Crippen LogP contribution in [-0.4, -0.2) is 36.6 Å². The molecule has 0 fully saturated rings. The van der Waals surface area contributed by atoms with Gasteiger partial charge in [-0.25, -0.2) is 4.39 Å². The molecule has 0 aromatic heterocycles. The average molecular weight is 297 g/mol. The quantitative estimate of drug-likeness (QED) is 0.759. The highest BCUT2D eigenvalue weighted by molar-refractivity contribution is 7.80. The van der Waals surface area contributed by atoms with Crippen LogP contribution in [0.25, 0.3) is 0 Å². The molecule has 0 saturated carbocycles. The second kappa shape index (κ2) is 7.55. The van der Waals surface area contributed by atoms with Crippen LogP contribution in [-0.2, 0) is 0 Å². The molecule has 5 heteroatoms. The van der Waals surface area contributed by atoms with E-state index in [2.05, 4.69) is 24.1 Å². The molecule has 3 nitrogen and oxygen atoms in total. The normalized spacial score (nSPS) is 12.8. The molecule has 1 unspecified atom stereocenters. The topological polar surface area (TPSA) is 41.3 Å². The molecule has 1 atom stereocenters. The van der Waals surface area contributed by atoms with Crippen LogP contribution in [0, 0.1) is 11.7 Å². The number of halogens is 1. The Morgan fingerprint density at radius 3 is 2.55 bits per heavy atom. The monoisotopic (exact) mass is 297 g/mol. The molecule has 0 aliphatic carbocycles. The number of hydrogen-bond donors (Lipinski definition) is 2. The zero-order valence-electron chi connectivity index (χ0n) is 12.6. The maximum atomic E-state index is 13.9. The van der Waals surface area contributed by atoms with Gasteiger partial charge >= 0.3 is 0 Å². The van der Waals surface area contributed by atoms with E-state index in [1.54, 1.807) is 6.07 Å². The third-order valence-electron chi connectivity index (χ3n) is 2.96. The Bertz CT molecular complexity index is 450. The van der Waals surface area contributed by atoms with Gasteiger partial charge in [-0.15, -0.1) is 0 Å². The number of thiocarbonyl (C=S) groups is 1. The van der Waals surface area contributed by atoms with Crippen LogP contribution in [0.2, 0.25) is 0 Å². The van der Waals surface area contributed by atoms with Crippen LogP contribution in [0.3, 0.4) is 0 Å². The highest BCUT2D eigenvalue weighted by Crippen LogP contribution is 2.21. The predicted molar refractivity (Wildman–Crippen MR) is 87.7 cm³/mol. The summed E-state index contributed by atoms with van der Waals surface area (Å²) in [5.74, 6) is 0.171. The van der Waals surface area contributed by atoms with Crippen molar-refractivity contribution >= 4 is 22.9 Å². The molecule has 0 amide bonds. The third kappa shape index (κ3) is 5.06. The fraction of sp³-hybridized carbons (Fsp3) is 0.533. The third-order valence-corrected chi connectivity index (χ3v) is 3.17. The molecule has 1 aromatic carbocycles. The van der Waals surface area contributed by atoms with Gasteiger partial charge in [-0.2, -0.15) is 0 Å². The lowest BCUT2D eigenvalue weighted by atomic mass is 10.0. The SMILES string of the molecule is CC(C)CC(CN(C)C)Nc1cccc(F)c1C(N)=S. The van der Waals surface area contributed by atoms with Crippen molar-refractivity contribution in [2.24, 2.45) is 11.7 Å². The number of anilines is 1. The van der Waals surface area contributed by atoms with Crippen molar-refractivity contribution in [3.05, 3.63) is 29.6 Å². The van der Waals surface area contributed by atoms with Gasteiger partial charge in [-0.3, -0.25) is 0 Å². The van der Waals surface area contributed by atoms with Gasteiger partial charge in [0.25, 0.3) is 0 Å². The van der Waals surface area contributed by atoms with Crippen molar-refractivity contribution in [1.82, 2.24) is 4.90 Å². The first-order valence-electron chi connectivity index (χ1n) is 6.80. The molecule has 112 valence electrons. The van der Waals surface area contributed by atoms with E-state index in [9.17, 15) is 4.39 Å². The highest BCUT2D eigenvalue weighted by atomic mass is 32.1. The van der Waals surface area contributed by atoms with Gasteiger partial charge in [0.05, 0.1) is 5.56 Å². The van der Waals surface area contributed by atoms with Crippen molar-refractivity contribution in [2.45, 2.75) is 26.3 Å². The molecule has 1 aromatic rings. The van der Waals surface area contributed by atoms with Crippen LogP contribution in [0.5, 0.6) is 0 Å². The number of nitrogens with one attached hydrogen (secondary N) is 1. The predicted octanol–water partition coefficient (Wildman–Crippen LogP) is 2.85. The smallest absolute Gasteiger partial charge is 0.135 e. The fourth-order valence-electron chi connectivity index (χ4n) is 2.30. The van der Waals surface area contributed by atoms with E-state index in [1.165, 1.54) is 6.07 Å². The summed E-state index contributed by atoms with van der Waals surface area (Å²) in [6, 6.07) is 5.09. The van der Waals surface area contributed by atoms with Crippen molar-refractivity contribution in [3.63, 3.8) is 0 Å². The van der Waals surface area contributed by atoms with E-state index < -0.39 is 0 Å². The Hall–Kier alpha value is -1.20. The molecule has 0 aliphatic heterocycles. The van der Waals surface area contributed by atoms with Gasteiger partial charge < -0.3 is 16.0 Å². The summed E-state index contributed by atoms with van der Waals surface area (Å²) < 4.78 is 13.9. The Kier molecular flexibility index (Phi) is 6.36. The maximum absolute atomic E-state index is 13.9. The number of nitrogens with two attached hydrogens (primary N) is 1. The molecule has 0 saturated heterocycles. The van der Waals surface area contributed by atoms with Gasteiger partial charge in [-0.1, -0.05) is 32.1 Å². The molecule has 0 spiro atoms. The van der Waals surface area contributed by atoms with Crippen LogP contribution in [0.1, 0.15) is 25.8 Å². The zero-order chi connectivity index (χ0) is 15.3. The molecular weight excluding hydrogens is 273 g/mol. The molecule has 1 rings (SSSR count). The lowest BCUT2D eigenvalue weighted by molar-refractivity contribution is 0.356. The van der Waals surface area contributed by atoms with E-state index in [-0.39, 0.29) is 16.8 Å². The van der Waals surface area contributed by atoms with Gasteiger partial charge in [0.2, 0.25) is 0 Å². The second-order valence-electron chi connectivity index (χ2n) is 5.76. The lowest BCUT2D eigenvalue weighted by Gasteiger charge is -2.26. The van der Waals surface area contributed by atoms with Crippen LogP contribution >= 0.6 is 12.2 Å². The molecule has 0 heterocycles. The highest BCUT2D eigenvalue weighted by Gasteiger charge is 2.16. The van der Waals surface area contributed by atoms with Gasteiger partial charge in [0.1, 0.15) is 10.8 Å². The summed E-state index contributed by atoms with van der Waals surface area (Å²) >= 11 is 4.95. The summed E-state index contributed by atoms with van der Waals surface area (Å²) in [7, 11) is 4.05. The molecular formula is C15H24FN3S. The van der Waals surface area contributed by atoms with Gasteiger partial charge in [0.15, 0.2) is 0 Å². The lowest BCUT2D eigenvalue weighted by Crippen LogP contribution is -2.34. The van der Waals surface area contributed by atoms with Crippen LogP contribution < -0.4 is 11.1 Å². The minimum absolute atomic E-state index is 0.0822. The summed E-state index contributed by atoms with van der Waals surface area (Å²) in [6.07, 6.45) is 0.992. The fourth-order valence-corrected chi connectivity index (χ4v) is 2.51. The maximum Gasteiger partial charge on any atom is 0.135 e. The largest absolute Gasteiger partial charge is 0.389 e. The first-order valence-corrected chi connectivity index (χ1v) is 7.21. The van der Waals surface area contributed by atoms with Crippen molar-refractivity contribution in [2.75, 3.05) is 26.0 Å². The van der Waals surface area contributed by atoms with Gasteiger partial charge in [-0.05, 0) is 38.6 Å². The zero-order valence-corrected chi connectivity index (χ0v) is 13.4. The summed E-state index contributed by atoms with van der Waals surface area (Å²) in [5.41, 5.74) is 6.61. The van der Waals surface area contributed by atoms with Crippen molar-refractivity contribution < 1.29 is 4.39 Å². The summed E-state index contributed by atoms with van der Waals surface area (Å²) in [6.45, 7) is 5.21. The first kappa shape index (κ1) is 16.9. The summed E-state index contributed by atoms with van der Waals surface area (Å²) in [4.78, 5) is 2.19. The Morgan fingerprint density at radius 1 is 1.40 bits per heavy atom. The van der Waals surface area contributed by atoms with E-state index >= 15 is 0 Å². The standard InChI is InChI=1S/C15H24FN3S/c1-10(2)8-11(9-19(3)4)18-13-7-5-6-12(16)14(13)15(17)20/h5-7,10-11,18H,8-9H2,1-4H3,(H2,17,20). The van der Waals surface area contributed by atoms with Crippen molar-refractivity contribution in [3.8, 4) is 0 Å². The Morgan fingerprint density at radius 2 is 2.05 bits per heavy atom. The molecule has 3 N–H and O–H groups in total. The second-order valence-corrected chi connectivity index (χ2v) is 6.20. The first-order chi connectivity index (χ1) is 9.31. The minimum Gasteiger partial charge on any atom is -0.389 e. The van der Waals surface area contributed by atoms with E-state index in [4.69, 9.17) is 18.0 Å². The summed E-state index contributed by atoms with van der Waals surface area (Å²) in [5, 5.41) is 3.38. The van der Waals surface area contributed by atoms with E-state index in [0.717, 1.165) is 13.0 Å². The number of likely N-dealkylation sites (N-methyl/N-ethyl adjacent to an activating group) is 1. The van der Waals surface area contributed by atoms with E-state index in [1.807, 2.05) is 20.2 Å². The molecule has 0 bridgehead atoms. The molecule has 0 radical (unpaired) electrons. The van der Waals surface area contributed by atoms with Gasteiger partial charge in [0, 0.05) is 18.3 Å². The van der Waals surface area contributed by atoms with Crippen LogP contribution in [0.4, 0.5) is 10.1 Å². The Balaban J connectivity index is 2.98. The Labute approximate surface area is 126 Å².